The second-order valence-electron chi connectivity index (χ2n) is 4.33. The molecule has 0 aliphatic heterocycles. The van der Waals surface area contributed by atoms with Crippen LogP contribution in [0.1, 0.15) is 6.42 Å². The second-order valence-corrected chi connectivity index (χ2v) is 5.14. The maximum absolute atomic E-state index is 12.7. The lowest BCUT2D eigenvalue weighted by atomic mass is 10.0. The summed E-state index contributed by atoms with van der Waals surface area (Å²) in [6.45, 7) is 0. The van der Waals surface area contributed by atoms with Gasteiger partial charge in [-0.05, 0) is 6.07 Å². The first-order valence-electron chi connectivity index (χ1n) is 5.84. The van der Waals surface area contributed by atoms with Crippen molar-refractivity contribution in [2.45, 2.75) is 18.2 Å². The van der Waals surface area contributed by atoms with Crippen LogP contribution in [0, 0.1) is 0 Å². The fourth-order valence-corrected chi connectivity index (χ4v) is 1.93. The molecule has 0 fully saturated rings. The molecule has 0 aromatic heterocycles. The predicted octanol–water partition coefficient (Wildman–Crippen LogP) is 3.17. The van der Waals surface area contributed by atoms with Crippen LogP contribution >= 0.6 is 23.2 Å². The van der Waals surface area contributed by atoms with Crippen molar-refractivity contribution in [3.63, 3.8) is 0 Å². The van der Waals surface area contributed by atoms with Gasteiger partial charge in [0.1, 0.15) is 5.75 Å². The summed E-state index contributed by atoms with van der Waals surface area (Å²) < 4.78 is 43.1. The summed E-state index contributed by atoms with van der Waals surface area (Å²) in [6.07, 6.45) is -6.78. The fourth-order valence-electron chi connectivity index (χ4n) is 1.43. The normalized spacial score (nSPS) is 14.6. The van der Waals surface area contributed by atoms with Gasteiger partial charge in [0, 0.05) is 6.07 Å². The number of carboxylic acids is 1. The maximum atomic E-state index is 12.7. The zero-order valence-corrected chi connectivity index (χ0v) is 13.0. The number of methoxy groups -OCH3 is 1. The number of anilines is 1. The molecule has 1 unspecified atom stereocenters. The standard InChI is InChI=1S/C12H11Cl2F3N2O4/c1-23-9-3-8(6(13)2-7(9)14)19-18-5-11(22,4-10(20)21)12(15,16)17/h2-3,5,19,22H,4H2,1H3,(H,20,21)/b18-5+. The summed E-state index contributed by atoms with van der Waals surface area (Å²) in [6, 6.07) is 2.54. The molecule has 0 aliphatic carbocycles. The first-order valence-corrected chi connectivity index (χ1v) is 6.60. The molecule has 6 nitrogen and oxygen atoms in total. The molecule has 0 saturated carbocycles. The molecule has 1 aromatic carbocycles. The quantitative estimate of drug-likeness (QED) is 0.525. The van der Waals surface area contributed by atoms with Crippen molar-refractivity contribution in [3.8, 4) is 5.75 Å². The Balaban J connectivity index is 3.02. The molecule has 0 heterocycles. The number of nitrogens with zero attached hydrogens (tertiary/aromatic N) is 1. The lowest BCUT2D eigenvalue weighted by Crippen LogP contribution is -2.48. The van der Waals surface area contributed by atoms with Crippen LogP contribution in [0.15, 0.2) is 17.2 Å². The highest BCUT2D eigenvalue weighted by Gasteiger charge is 2.54. The third kappa shape index (κ3) is 4.88. The first-order chi connectivity index (χ1) is 10.5. The van der Waals surface area contributed by atoms with Crippen LogP contribution in [0.25, 0.3) is 0 Å². The molecule has 1 rings (SSSR count). The predicted molar refractivity (Wildman–Crippen MR) is 78.4 cm³/mol. The van der Waals surface area contributed by atoms with Crippen molar-refractivity contribution in [1.82, 2.24) is 0 Å². The minimum Gasteiger partial charge on any atom is -0.495 e. The van der Waals surface area contributed by atoms with Crippen LogP contribution in [0.3, 0.4) is 0 Å². The van der Waals surface area contributed by atoms with Crippen LogP contribution in [-0.4, -0.2) is 41.3 Å². The number of nitrogens with one attached hydrogen (secondary N) is 1. The van der Waals surface area contributed by atoms with E-state index in [-0.39, 0.29) is 27.7 Å². The topological polar surface area (TPSA) is 91.1 Å². The van der Waals surface area contributed by atoms with Gasteiger partial charge in [0.25, 0.3) is 0 Å². The smallest absolute Gasteiger partial charge is 0.423 e. The number of rotatable bonds is 6. The first kappa shape index (κ1) is 19.3. The Labute approximate surface area is 138 Å². The number of hydrogen-bond acceptors (Lipinski definition) is 5. The second kappa shape index (κ2) is 7.24. The zero-order chi connectivity index (χ0) is 17.8. The molecule has 1 aromatic rings. The van der Waals surface area contributed by atoms with E-state index >= 15 is 0 Å². The highest BCUT2D eigenvalue weighted by Crippen LogP contribution is 2.35. The minimum absolute atomic E-state index is 0.0294. The Morgan fingerprint density at radius 1 is 1.39 bits per heavy atom. The number of aliphatic carboxylic acids is 1. The number of halogens is 5. The number of hydrogen-bond donors (Lipinski definition) is 3. The Morgan fingerprint density at radius 2 is 2.00 bits per heavy atom. The lowest BCUT2D eigenvalue weighted by molar-refractivity contribution is -0.232. The van der Waals surface area contributed by atoms with E-state index < -0.39 is 24.2 Å². The van der Waals surface area contributed by atoms with Gasteiger partial charge in [-0.15, -0.1) is 0 Å². The third-order valence-corrected chi connectivity index (χ3v) is 3.22. The summed E-state index contributed by atoms with van der Waals surface area (Å²) in [5.74, 6) is -1.66. The van der Waals surface area contributed by atoms with Crippen molar-refractivity contribution >= 4 is 41.1 Å². The number of hydrazone groups is 1. The molecular weight excluding hydrogens is 364 g/mol. The average molecular weight is 375 g/mol. The van der Waals surface area contributed by atoms with E-state index in [1.165, 1.54) is 19.2 Å². The van der Waals surface area contributed by atoms with Gasteiger partial charge in [-0.25, -0.2) is 0 Å². The minimum atomic E-state index is -5.22. The van der Waals surface area contributed by atoms with Gasteiger partial charge in [-0.1, -0.05) is 23.2 Å². The molecular formula is C12H11Cl2F3N2O4. The molecule has 11 heteroatoms. The van der Waals surface area contributed by atoms with Crippen molar-refractivity contribution < 1.29 is 32.9 Å². The van der Waals surface area contributed by atoms with E-state index in [2.05, 4.69) is 10.5 Å². The Morgan fingerprint density at radius 3 is 2.48 bits per heavy atom. The Hall–Kier alpha value is -1.71. The molecule has 3 N–H and O–H groups in total. The monoisotopic (exact) mass is 374 g/mol. The van der Waals surface area contributed by atoms with Gasteiger partial charge in [-0.3, -0.25) is 10.2 Å². The van der Waals surface area contributed by atoms with Gasteiger partial charge in [0.05, 0.1) is 35.5 Å². The van der Waals surface area contributed by atoms with E-state index in [0.717, 1.165) is 0 Å². The highest BCUT2D eigenvalue weighted by molar-refractivity contribution is 6.37. The molecule has 0 saturated heterocycles. The number of alkyl halides is 3. The zero-order valence-electron chi connectivity index (χ0n) is 11.5. The summed E-state index contributed by atoms with van der Waals surface area (Å²) in [4.78, 5) is 10.5. The lowest BCUT2D eigenvalue weighted by Gasteiger charge is -2.24. The summed E-state index contributed by atoms with van der Waals surface area (Å²) in [7, 11) is 1.32. The Bertz CT molecular complexity index is 625. The van der Waals surface area contributed by atoms with E-state index in [0.29, 0.717) is 0 Å². The van der Waals surface area contributed by atoms with E-state index in [1.807, 2.05) is 0 Å². The van der Waals surface area contributed by atoms with Crippen LogP contribution in [0.2, 0.25) is 10.0 Å². The van der Waals surface area contributed by atoms with Gasteiger partial charge < -0.3 is 14.9 Å². The summed E-state index contributed by atoms with van der Waals surface area (Å²) in [5, 5.41) is 21.3. The number of ether oxygens (including phenoxy) is 1. The number of carboxylic acid groups (broad SMARTS) is 1. The molecule has 128 valence electrons. The van der Waals surface area contributed by atoms with E-state index in [1.54, 1.807) is 0 Å². The molecule has 1 atom stereocenters. The van der Waals surface area contributed by atoms with Gasteiger partial charge >= 0.3 is 12.1 Å². The van der Waals surface area contributed by atoms with Crippen LogP contribution in [0.5, 0.6) is 5.75 Å². The van der Waals surface area contributed by atoms with Crippen LogP contribution < -0.4 is 10.2 Å². The molecule has 0 radical (unpaired) electrons. The van der Waals surface area contributed by atoms with Gasteiger partial charge in [0.2, 0.25) is 5.60 Å². The largest absolute Gasteiger partial charge is 0.495 e. The van der Waals surface area contributed by atoms with Crippen molar-refractivity contribution in [2.24, 2.45) is 5.10 Å². The Kier molecular flexibility index (Phi) is 6.09. The number of carbonyl (C=O) groups is 1. The van der Waals surface area contributed by atoms with E-state index in [9.17, 15) is 23.1 Å². The number of aliphatic hydroxyl groups is 1. The van der Waals surface area contributed by atoms with Crippen molar-refractivity contribution in [2.75, 3.05) is 12.5 Å². The summed E-state index contributed by atoms with van der Waals surface area (Å²) >= 11 is 11.6. The summed E-state index contributed by atoms with van der Waals surface area (Å²) in [5.41, 5.74) is -1.42. The fraction of sp³-hybridized carbons (Fsp3) is 0.333. The molecule has 0 amide bonds. The van der Waals surface area contributed by atoms with Crippen molar-refractivity contribution in [1.29, 1.82) is 0 Å². The molecule has 23 heavy (non-hydrogen) atoms. The van der Waals surface area contributed by atoms with E-state index in [4.69, 9.17) is 33.0 Å². The van der Waals surface area contributed by atoms with Gasteiger partial charge in [0.15, 0.2) is 0 Å². The van der Waals surface area contributed by atoms with Crippen LogP contribution in [-0.2, 0) is 4.79 Å². The van der Waals surface area contributed by atoms with Gasteiger partial charge in [-0.2, -0.15) is 18.3 Å². The third-order valence-electron chi connectivity index (χ3n) is 2.62. The van der Waals surface area contributed by atoms with Crippen LogP contribution in [0.4, 0.5) is 18.9 Å². The molecule has 0 aliphatic rings. The molecule has 0 spiro atoms. The molecule has 0 bridgehead atoms. The SMILES string of the molecule is COc1cc(N/N=C/C(O)(CC(=O)O)C(F)(F)F)c(Cl)cc1Cl. The maximum Gasteiger partial charge on any atom is 0.423 e. The van der Waals surface area contributed by atoms with Crippen molar-refractivity contribution in [3.05, 3.63) is 22.2 Å². The highest BCUT2D eigenvalue weighted by atomic mass is 35.5. The number of benzene rings is 1. The average Bonchev–Trinajstić information content (AvgIpc) is 2.39.